The number of allylic oxidation sites excluding steroid dienone is 1. The number of ether oxygens (including phenoxy) is 7. The molecule has 0 aliphatic carbocycles. The number of nitrogens with two attached hydrogens (primary N) is 1. The molecule has 0 aromatic heterocycles. The van der Waals surface area contributed by atoms with Gasteiger partial charge >= 0.3 is 0 Å². The van der Waals surface area contributed by atoms with Gasteiger partial charge in [-0.3, -0.25) is 4.79 Å². The van der Waals surface area contributed by atoms with Gasteiger partial charge in [-0.25, -0.2) is 0 Å². The summed E-state index contributed by atoms with van der Waals surface area (Å²) in [5, 5.41) is 10.2. The van der Waals surface area contributed by atoms with E-state index in [2.05, 4.69) is 6.07 Å². The van der Waals surface area contributed by atoms with Gasteiger partial charge < -0.3 is 43.8 Å². The largest absolute Gasteiger partial charge is 0.496 e. The highest BCUT2D eigenvalue weighted by molar-refractivity contribution is 5.77. The first kappa shape index (κ1) is 29.0. The molecule has 0 fully saturated rings. The van der Waals surface area contributed by atoms with E-state index in [-0.39, 0.29) is 30.5 Å². The molecule has 2 N–H and O–H groups in total. The van der Waals surface area contributed by atoms with E-state index in [9.17, 15) is 10.1 Å². The lowest BCUT2D eigenvalue weighted by molar-refractivity contribution is -0.128. The quantitative estimate of drug-likeness (QED) is 0.506. The molecule has 2 aliphatic heterocycles. The van der Waals surface area contributed by atoms with E-state index in [4.69, 9.17) is 38.9 Å². The van der Waals surface area contributed by atoms with E-state index in [1.165, 1.54) is 28.3 Å². The third-order valence-corrected chi connectivity index (χ3v) is 7.10. The first-order valence-corrected chi connectivity index (χ1v) is 12.6. The number of hydrogen-bond donors (Lipinski definition) is 1. The first-order valence-electron chi connectivity index (χ1n) is 12.6. The molecule has 0 radical (unpaired) electrons. The van der Waals surface area contributed by atoms with E-state index in [0.29, 0.717) is 62.5 Å². The fourth-order valence-corrected chi connectivity index (χ4v) is 5.08. The lowest BCUT2D eigenvalue weighted by atomic mass is 9.79. The number of hydrogen-bond acceptors (Lipinski definition) is 10. The monoisotopic (exact) mass is 563 g/mol. The van der Waals surface area contributed by atoms with Gasteiger partial charge in [-0.2, -0.15) is 5.26 Å². The van der Waals surface area contributed by atoms with E-state index in [1.807, 2.05) is 6.08 Å². The summed E-state index contributed by atoms with van der Waals surface area (Å²) in [6.07, 6.45) is 1.85. The summed E-state index contributed by atoms with van der Waals surface area (Å²) in [6.45, 7) is 1.92. The van der Waals surface area contributed by atoms with Gasteiger partial charge in [0.25, 0.3) is 0 Å². The number of benzene rings is 2. The highest BCUT2D eigenvalue weighted by atomic mass is 16.5. The van der Waals surface area contributed by atoms with Crippen molar-refractivity contribution >= 4 is 12.0 Å². The van der Waals surface area contributed by atoms with Crippen LogP contribution in [0.3, 0.4) is 0 Å². The molecule has 2 heterocycles. The van der Waals surface area contributed by atoms with Crippen LogP contribution in [0.2, 0.25) is 0 Å². The molecule has 0 spiro atoms. The smallest absolute Gasteiger partial charge is 0.220 e. The van der Waals surface area contributed by atoms with Gasteiger partial charge in [0.15, 0.2) is 23.0 Å². The number of carbonyl (C=O) groups excluding carboxylic acids is 1. The fraction of sp³-hybridized carbons (Fsp3) is 0.333. The Labute approximate surface area is 238 Å². The van der Waals surface area contributed by atoms with Gasteiger partial charge in [0.2, 0.25) is 11.8 Å². The number of nitrogens with zero attached hydrogens (tertiary/aromatic N) is 2. The molecule has 2 aliphatic rings. The highest BCUT2D eigenvalue weighted by Crippen LogP contribution is 2.49. The van der Waals surface area contributed by atoms with Gasteiger partial charge in [0.05, 0.1) is 48.6 Å². The van der Waals surface area contributed by atoms with Crippen molar-refractivity contribution in [2.45, 2.75) is 12.8 Å². The fourth-order valence-electron chi connectivity index (χ4n) is 5.08. The van der Waals surface area contributed by atoms with Crippen LogP contribution in [0.15, 0.2) is 52.6 Å². The lowest BCUT2D eigenvalue weighted by Crippen LogP contribution is -2.40. The van der Waals surface area contributed by atoms with Crippen molar-refractivity contribution < 1.29 is 38.0 Å². The van der Waals surface area contributed by atoms with Crippen molar-refractivity contribution in [2.75, 3.05) is 55.7 Å². The molecule has 0 saturated heterocycles. The van der Waals surface area contributed by atoms with Crippen molar-refractivity contribution in [1.29, 1.82) is 5.26 Å². The van der Waals surface area contributed by atoms with Crippen LogP contribution in [0.1, 0.15) is 24.0 Å². The molecule has 1 atom stereocenters. The zero-order valence-electron chi connectivity index (χ0n) is 24.1. The minimum atomic E-state index is -0.698. The molecule has 216 valence electrons. The number of nitriles is 1. The van der Waals surface area contributed by atoms with E-state index < -0.39 is 5.92 Å². The predicted molar refractivity (Wildman–Crippen MR) is 150 cm³/mol. The molecule has 0 saturated carbocycles. The van der Waals surface area contributed by atoms with Crippen molar-refractivity contribution in [3.8, 4) is 40.6 Å². The van der Waals surface area contributed by atoms with Crippen LogP contribution in [0, 0.1) is 11.3 Å². The van der Waals surface area contributed by atoms with Crippen LogP contribution in [-0.4, -0.2) is 66.6 Å². The Morgan fingerprint density at radius 2 is 1.41 bits per heavy atom. The Kier molecular flexibility index (Phi) is 8.52. The Bertz CT molecular complexity index is 1500. The first-order chi connectivity index (χ1) is 19.7. The molecule has 0 bridgehead atoms. The van der Waals surface area contributed by atoms with Gasteiger partial charge in [0.1, 0.15) is 28.9 Å². The maximum absolute atomic E-state index is 12.8. The summed E-state index contributed by atoms with van der Waals surface area (Å²) in [4.78, 5) is 14.4. The Morgan fingerprint density at radius 3 is 1.95 bits per heavy atom. The highest BCUT2D eigenvalue weighted by Gasteiger charge is 2.40. The van der Waals surface area contributed by atoms with Gasteiger partial charge in [-0.05, 0) is 18.2 Å². The minimum Gasteiger partial charge on any atom is -0.496 e. The van der Waals surface area contributed by atoms with Crippen molar-refractivity contribution in [2.24, 2.45) is 5.73 Å². The molecule has 2 aromatic rings. The molecular formula is C30H33N3O8. The molecule has 2 aromatic carbocycles. The van der Waals surface area contributed by atoms with E-state index in [1.54, 1.807) is 50.5 Å². The standard InChI is InChI=1S/C30H33N3O8/c1-16(34)33-14-18(8-17-9-24(37-4)26(39-6)11-22(17)35-2)29-21(15-33)28(20(13-31)30(32)41-29)19-10-25(38-5)27(40-7)12-23(19)36-3/h8-12,28H,14-15,32H2,1-7H3/b18-8+. The Morgan fingerprint density at radius 1 is 0.878 bits per heavy atom. The lowest BCUT2D eigenvalue weighted by Gasteiger charge is -2.38. The maximum atomic E-state index is 12.8. The van der Waals surface area contributed by atoms with E-state index in [0.717, 1.165) is 0 Å². The second kappa shape index (κ2) is 12.0. The SMILES string of the molecule is COc1cc(OC)c(OC)cc1/C=C1\CN(C(C)=O)CC2=C1OC(N)=C(C#N)C2c1cc(OC)c(OC)cc1OC. The molecular weight excluding hydrogens is 530 g/mol. The predicted octanol–water partition coefficient (Wildman–Crippen LogP) is 3.75. The summed E-state index contributed by atoms with van der Waals surface area (Å²) in [7, 11) is 9.20. The summed E-state index contributed by atoms with van der Waals surface area (Å²) in [5.74, 6) is 2.43. The maximum Gasteiger partial charge on any atom is 0.220 e. The average molecular weight is 564 g/mol. The average Bonchev–Trinajstić information content (AvgIpc) is 2.99. The van der Waals surface area contributed by atoms with Crippen LogP contribution in [0.5, 0.6) is 34.5 Å². The molecule has 1 unspecified atom stereocenters. The number of carbonyl (C=O) groups is 1. The second-order valence-corrected chi connectivity index (χ2v) is 9.22. The van der Waals surface area contributed by atoms with Gasteiger partial charge in [-0.15, -0.1) is 0 Å². The molecule has 41 heavy (non-hydrogen) atoms. The van der Waals surface area contributed by atoms with Crippen molar-refractivity contribution in [3.63, 3.8) is 0 Å². The molecule has 1 amide bonds. The zero-order chi connectivity index (χ0) is 29.8. The number of methoxy groups -OCH3 is 6. The van der Waals surface area contributed by atoms with Crippen LogP contribution in [0.4, 0.5) is 0 Å². The molecule has 11 nitrogen and oxygen atoms in total. The second-order valence-electron chi connectivity index (χ2n) is 9.22. The van der Waals surface area contributed by atoms with Crippen molar-refractivity contribution in [1.82, 2.24) is 4.90 Å². The van der Waals surface area contributed by atoms with Crippen LogP contribution in [0.25, 0.3) is 6.08 Å². The third kappa shape index (κ3) is 5.28. The Balaban J connectivity index is 2.00. The van der Waals surface area contributed by atoms with Crippen LogP contribution < -0.4 is 34.2 Å². The number of amides is 1. The Hall–Kier alpha value is -4.98. The summed E-state index contributed by atoms with van der Waals surface area (Å²) >= 11 is 0. The summed E-state index contributed by atoms with van der Waals surface area (Å²) in [6, 6.07) is 9.12. The van der Waals surface area contributed by atoms with Crippen LogP contribution in [-0.2, 0) is 9.53 Å². The van der Waals surface area contributed by atoms with Gasteiger partial charge in [-0.1, -0.05) is 0 Å². The molecule has 4 rings (SSSR count). The van der Waals surface area contributed by atoms with Gasteiger partial charge in [0, 0.05) is 54.4 Å². The normalized spacial score (nSPS) is 17.4. The number of rotatable bonds is 8. The van der Waals surface area contributed by atoms with E-state index >= 15 is 0 Å². The third-order valence-electron chi connectivity index (χ3n) is 7.10. The molecule has 11 heteroatoms. The van der Waals surface area contributed by atoms with Crippen molar-refractivity contribution in [3.05, 3.63) is 63.8 Å². The van der Waals surface area contributed by atoms with Crippen LogP contribution >= 0.6 is 0 Å². The summed E-state index contributed by atoms with van der Waals surface area (Å²) < 4.78 is 39.4. The zero-order valence-corrected chi connectivity index (χ0v) is 24.1. The minimum absolute atomic E-state index is 0.0467. The summed E-state index contributed by atoms with van der Waals surface area (Å²) in [5.41, 5.74) is 9.13. The topological polar surface area (TPSA) is 135 Å².